The Labute approximate surface area is 294 Å². The Morgan fingerprint density at radius 3 is 2.24 bits per heavy atom. The van der Waals surface area contributed by atoms with E-state index in [1.54, 1.807) is 0 Å². The van der Waals surface area contributed by atoms with Gasteiger partial charge >= 0.3 is 18.3 Å². The molecule has 3 aromatic rings. The first-order valence-corrected chi connectivity index (χ1v) is 16.9. The molecule has 2 N–H and O–H groups in total. The van der Waals surface area contributed by atoms with Gasteiger partial charge in [-0.1, -0.05) is 24.0 Å². The maximum Gasteiger partial charge on any atom is 0.416 e. The van der Waals surface area contributed by atoms with E-state index in [-0.39, 0.29) is 45.1 Å². The second-order valence-electron chi connectivity index (χ2n) is 11.0. The van der Waals surface area contributed by atoms with Crippen LogP contribution in [-0.2, 0) is 31.4 Å². The fraction of sp³-hybridized carbons (Fsp3) is 0.312. The molecule has 2 saturated heterocycles. The summed E-state index contributed by atoms with van der Waals surface area (Å²) in [5.74, 6) is -2.33. The molecule has 266 valence electrons. The van der Waals surface area contributed by atoms with Gasteiger partial charge in [0.25, 0.3) is 11.8 Å². The van der Waals surface area contributed by atoms with Crippen molar-refractivity contribution < 1.29 is 55.3 Å². The predicted molar refractivity (Wildman–Crippen MR) is 179 cm³/mol. The summed E-state index contributed by atoms with van der Waals surface area (Å²) < 4.78 is 91.8. The van der Waals surface area contributed by atoms with Gasteiger partial charge in [0.1, 0.15) is 4.32 Å². The molecule has 0 aliphatic carbocycles. The summed E-state index contributed by atoms with van der Waals surface area (Å²) in [7, 11) is 0. The maximum absolute atomic E-state index is 13.5. The van der Waals surface area contributed by atoms with Gasteiger partial charge in [-0.15, -0.1) is 11.3 Å². The summed E-state index contributed by atoms with van der Waals surface area (Å²) in [6.45, 7) is 2.80. The summed E-state index contributed by atoms with van der Waals surface area (Å²) >= 11 is 7.35. The molecule has 3 heterocycles. The minimum Gasteiger partial charge on any atom is -0.478 e. The number of carbonyl (C=O) groups is 3. The van der Waals surface area contributed by atoms with E-state index in [1.165, 1.54) is 46.7 Å². The number of halogens is 6. The van der Waals surface area contributed by atoms with Crippen molar-refractivity contribution in [2.45, 2.75) is 18.5 Å². The smallest absolute Gasteiger partial charge is 0.416 e. The number of morpholine rings is 1. The molecule has 5 rings (SSSR count). The first-order valence-electron chi connectivity index (χ1n) is 14.8. The lowest BCUT2D eigenvalue weighted by Crippen LogP contribution is -2.45. The normalized spacial score (nSPS) is 17.4. The summed E-state index contributed by atoms with van der Waals surface area (Å²) in [6.07, 6.45) is -9.79. The molecule has 0 spiro atoms. The number of thioether (sulfide) groups is 1. The van der Waals surface area contributed by atoms with Crippen LogP contribution < -0.4 is 5.32 Å². The van der Waals surface area contributed by atoms with E-state index in [4.69, 9.17) is 26.8 Å². The number of rotatable bonds is 11. The summed E-state index contributed by atoms with van der Waals surface area (Å²) in [4.78, 5) is 41.8. The number of carbonyl (C=O) groups excluding carboxylic acids is 2. The third-order valence-corrected chi connectivity index (χ3v) is 9.82. The number of thiophene rings is 1. The fourth-order valence-corrected chi connectivity index (χ4v) is 7.12. The van der Waals surface area contributed by atoms with Crippen LogP contribution >= 0.6 is 35.3 Å². The molecule has 2 aliphatic heterocycles. The van der Waals surface area contributed by atoms with Crippen molar-refractivity contribution >= 4 is 69.2 Å². The van der Waals surface area contributed by atoms with Crippen LogP contribution in [-0.4, -0.2) is 89.1 Å². The van der Waals surface area contributed by atoms with Gasteiger partial charge in [0.15, 0.2) is 6.10 Å². The lowest BCUT2D eigenvalue weighted by atomic mass is 10.0. The highest BCUT2D eigenvalue weighted by atomic mass is 32.2. The third kappa shape index (κ3) is 9.49. The predicted octanol–water partition coefficient (Wildman–Crippen LogP) is 6.71. The number of thiocarbonyl (C=S) groups is 1. The molecule has 2 aromatic carbocycles. The number of benzene rings is 2. The number of hydrogen-bond donors (Lipinski definition) is 2. The van der Waals surface area contributed by atoms with Crippen molar-refractivity contribution in [1.82, 2.24) is 9.80 Å². The van der Waals surface area contributed by atoms with Crippen molar-refractivity contribution in [3.8, 4) is 11.1 Å². The summed E-state index contributed by atoms with van der Waals surface area (Å²) in [6, 6.07) is 8.13. The number of amides is 2. The second kappa shape index (κ2) is 15.6. The molecule has 0 radical (unpaired) electrons. The molecular weight excluding hydrogens is 733 g/mol. The molecule has 1 unspecified atom stereocenters. The highest BCUT2D eigenvalue weighted by Crippen LogP contribution is 2.40. The van der Waals surface area contributed by atoms with Gasteiger partial charge in [0, 0.05) is 30.2 Å². The third-order valence-electron chi connectivity index (χ3n) is 7.56. The minimum atomic E-state index is -5.01. The van der Waals surface area contributed by atoms with Gasteiger partial charge in [-0.3, -0.25) is 19.4 Å². The van der Waals surface area contributed by atoms with Gasteiger partial charge in [-0.2, -0.15) is 26.3 Å². The highest BCUT2D eigenvalue weighted by Gasteiger charge is 2.38. The molecule has 2 amide bonds. The Balaban J connectivity index is 1.32. The zero-order chi connectivity index (χ0) is 36.2. The van der Waals surface area contributed by atoms with E-state index in [2.05, 4.69) is 10.2 Å². The van der Waals surface area contributed by atoms with E-state index in [0.29, 0.717) is 55.5 Å². The molecule has 0 bridgehead atoms. The molecular formula is C32H27F6N3O6S3. The van der Waals surface area contributed by atoms with Crippen LogP contribution in [0, 0.1) is 0 Å². The number of aromatic carboxylic acids is 1. The standard InChI is InChI=1S/C32H27F6N3O6S3/c33-31(34,35)21-11-19(12-22(14-21)32(36,37)38)20-13-24(49-17-20)15-26-28(43)41(30(48)50-26)16-25(47-10-7-40-5-8-46-9-6-40)27(42)39-23-3-1-18(2-4-23)29(44)45/h1-4,11-15,17,25H,5-10,16H2,(H,39,42)(H,44,45). The molecule has 18 heteroatoms. The van der Waals surface area contributed by atoms with Crippen LogP contribution in [0.2, 0.25) is 0 Å². The number of alkyl halides is 6. The molecule has 9 nitrogen and oxygen atoms in total. The Kier molecular flexibility index (Phi) is 11.7. The minimum absolute atomic E-state index is 0.0180. The van der Waals surface area contributed by atoms with Crippen LogP contribution in [0.4, 0.5) is 32.0 Å². The molecule has 0 saturated carbocycles. The van der Waals surface area contributed by atoms with Crippen LogP contribution in [0.1, 0.15) is 26.4 Å². The van der Waals surface area contributed by atoms with Crippen LogP contribution in [0.15, 0.2) is 58.8 Å². The largest absolute Gasteiger partial charge is 0.478 e. The number of anilines is 1. The van der Waals surface area contributed by atoms with Gasteiger partial charge in [-0.05, 0) is 71.1 Å². The number of hydrogen-bond acceptors (Lipinski definition) is 9. The number of nitrogens with zero attached hydrogens (tertiary/aromatic N) is 2. The Morgan fingerprint density at radius 2 is 1.64 bits per heavy atom. The van der Waals surface area contributed by atoms with E-state index in [9.17, 15) is 40.7 Å². The Morgan fingerprint density at radius 1 is 1.00 bits per heavy atom. The van der Waals surface area contributed by atoms with E-state index in [0.717, 1.165) is 23.1 Å². The Hall–Kier alpha value is -3.81. The highest BCUT2D eigenvalue weighted by molar-refractivity contribution is 8.26. The van der Waals surface area contributed by atoms with Crippen molar-refractivity contribution in [3.63, 3.8) is 0 Å². The van der Waals surface area contributed by atoms with Crippen molar-refractivity contribution in [2.75, 3.05) is 51.3 Å². The van der Waals surface area contributed by atoms with Gasteiger partial charge in [0.2, 0.25) is 0 Å². The number of nitrogens with one attached hydrogen (secondary N) is 1. The zero-order valence-electron chi connectivity index (χ0n) is 25.7. The topological polar surface area (TPSA) is 108 Å². The number of carboxylic acids is 1. The second-order valence-corrected chi connectivity index (χ2v) is 13.6. The molecule has 2 fully saturated rings. The number of ether oxygens (including phenoxy) is 2. The first kappa shape index (κ1) is 37.4. The molecule has 50 heavy (non-hydrogen) atoms. The summed E-state index contributed by atoms with van der Waals surface area (Å²) in [5, 5.41) is 13.2. The van der Waals surface area contributed by atoms with E-state index < -0.39 is 47.4 Å². The van der Waals surface area contributed by atoms with Crippen molar-refractivity contribution in [1.29, 1.82) is 0 Å². The first-order chi connectivity index (χ1) is 23.6. The van der Waals surface area contributed by atoms with Gasteiger partial charge in [-0.25, -0.2) is 4.79 Å². The Bertz CT molecular complexity index is 1760. The SMILES string of the molecule is O=C(O)c1ccc(NC(=O)C(CN2C(=O)C(=Cc3cc(-c4cc(C(F)(F)F)cc(C(F)(F)F)c4)cs3)SC2=S)OCCN2CCOCC2)cc1. The van der Waals surface area contributed by atoms with Crippen LogP contribution in [0.25, 0.3) is 17.2 Å². The molecule has 1 aromatic heterocycles. The van der Waals surface area contributed by atoms with E-state index >= 15 is 0 Å². The van der Waals surface area contributed by atoms with Gasteiger partial charge < -0.3 is 19.9 Å². The van der Waals surface area contributed by atoms with Gasteiger partial charge in [0.05, 0.1) is 48.0 Å². The quantitative estimate of drug-likeness (QED) is 0.125. The maximum atomic E-state index is 13.5. The summed E-state index contributed by atoms with van der Waals surface area (Å²) in [5.41, 5.74) is -2.78. The lowest BCUT2D eigenvalue weighted by molar-refractivity contribution is -0.143. The van der Waals surface area contributed by atoms with E-state index in [1.807, 2.05) is 0 Å². The van der Waals surface area contributed by atoms with Crippen molar-refractivity contribution in [3.05, 3.63) is 80.4 Å². The number of carboxylic acid groups (broad SMARTS) is 1. The molecule has 2 aliphatic rings. The van der Waals surface area contributed by atoms with Crippen LogP contribution in [0.5, 0.6) is 0 Å². The average molecular weight is 760 g/mol. The fourth-order valence-electron chi connectivity index (χ4n) is 4.93. The monoisotopic (exact) mass is 759 g/mol. The lowest BCUT2D eigenvalue weighted by Gasteiger charge is -2.28. The molecule has 1 atom stereocenters. The van der Waals surface area contributed by atoms with Crippen LogP contribution in [0.3, 0.4) is 0 Å². The van der Waals surface area contributed by atoms with Crippen molar-refractivity contribution in [2.24, 2.45) is 0 Å². The average Bonchev–Trinajstić information content (AvgIpc) is 3.63. The zero-order valence-corrected chi connectivity index (χ0v) is 28.1.